The van der Waals surface area contributed by atoms with E-state index in [9.17, 15) is 13.2 Å². The molecule has 0 saturated carbocycles. The number of benzene rings is 2. The molecule has 0 fully saturated rings. The zero-order valence-corrected chi connectivity index (χ0v) is 10.8. The number of thioether (sulfide) groups is 1. The Labute approximate surface area is 113 Å². The zero-order chi connectivity index (χ0) is 13.7. The van der Waals surface area contributed by atoms with Crippen LogP contribution in [0, 0.1) is 17.5 Å². The van der Waals surface area contributed by atoms with Gasteiger partial charge in [0.15, 0.2) is 17.5 Å². The van der Waals surface area contributed by atoms with Crippen LogP contribution in [0.1, 0.15) is 0 Å². The summed E-state index contributed by atoms with van der Waals surface area (Å²) in [7, 11) is 0. The molecule has 19 heavy (non-hydrogen) atoms. The van der Waals surface area contributed by atoms with Crippen molar-refractivity contribution in [1.82, 2.24) is 0 Å². The van der Waals surface area contributed by atoms with Crippen LogP contribution < -0.4 is 5.32 Å². The van der Waals surface area contributed by atoms with Crippen molar-refractivity contribution in [2.45, 2.75) is 4.90 Å². The summed E-state index contributed by atoms with van der Waals surface area (Å²) in [6, 6.07) is 11.7. The Kier molecular flexibility index (Phi) is 4.74. The third-order valence-electron chi connectivity index (χ3n) is 2.43. The summed E-state index contributed by atoms with van der Waals surface area (Å²) >= 11 is 1.63. The van der Waals surface area contributed by atoms with E-state index in [1.165, 1.54) is 0 Å². The lowest BCUT2D eigenvalue weighted by molar-refractivity contribution is 0.448. The van der Waals surface area contributed by atoms with Crippen LogP contribution in [0.3, 0.4) is 0 Å². The maximum absolute atomic E-state index is 13.0. The van der Waals surface area contributed by atoms with Crippen molar-refractivity contribution in [3.63, 3.8) is 0 Å². The van der Waals surface area contributed by atoms with Gasteiger partial charge in [0, 0.05) is 35.0 Å². The van der Waals surface area contributed by atoms with Crippen LogP contribution >= 0.6 is 11.8 Å². The Morgan fingerprint density at radius 2 is 1.58 bits per heavy atom. The molecule has 100 valence electrons. The molecule has 2 aromatic carbocycles. The van der Waals surface area contributed by atoms with Gasteiger partial charge < -0.3 is 5.32 Å². The fraction of sp³-hybridized carbons (Fsp3) is 0.143. The summed E-state index contributed by atoms with van der Waals surface area (Å²) in [6.45, 7) is 0.532. The summed E-state index contributed by atoms with van der Waals surface area (Å²) in [5, 5.41) is 2.86. The lowest BCUT2D eigenvalue weighted by atomic mass is 10.3. The fourth-order valence-corrected chi connectivity index (χ4v) is 2.33. The van der Waals surface area contributed by atoms with Crippen molar-refractivity contribution < 1.29 is 13.2 Å². The Morgan fingerprint density at radius 1 is 0.947 bits per heavy atom. The molecule has 1 nitrogen and oxygen atoms in total. The van der Waals surface area contributed by atoms with Gasteiger partial charge in [-0.1, -0.05) is 18.2 Å². The Bertz CT molecular complexity index is 523. The molecule has 1 N–H and O–H groups in total. The molecule has 0 bridgehead atoms. The minimum Gasteiger partial charge on any atom is -0.384 e. The molecule has 0 spiro atoms. The molecule has 0 aliphatic heterocycles. The van der Waals surface area contributed by atoms with Gasteiger partial charge in [-0.05, 0) is 12.1 Å². The molecule has 0 amide bonds. The van der Waals surface area contributed by atoms with E-state index in [1.807, 2.05) is 30.3 Å². The number of anilines is 1. The zero-order valence-electron chi connectivity index (χ0n) is 10.00. The quantitative estimate of drug-likeness (QED) is 0.498. The number of rotatable bonds is 5. The molecular weight excluding hydrogens is 271 g/mol. The van der Waals surface area contributed by atoms with E-state index in [1.54, 1.807) is 11.8 Å². The van der Waals surface area contributed by atoms with Crippen molar-refractivity contribution in [2.75, 3.05) is 17.6 Å². The molecule has 0 heterocycles. The standard InChI is InChI=1S/C14H12F3NS/c15-12-8-10(9-13(16)14(12)17)18-6-7-19-11-4-2-1-3-5-11/h1-5,8-9,18H,6-7H2. The highest BCUT2D eigenvalue weighted by Crippen LogP contribution is 2.19. The van der Waals surface area contributed by atoms with Crippen molar-refractivity contribution in [3.05, 3.63) is 59.9 Å². The summed E-state index contributed by atoms with van der Waals surface area (Å²) in [6.07, 6.45) is 0. The van der Waals surface area contributed by atoms with Gasteiger partial charge in [-0.2, -0.15) is 0 Å². The second kappa shape index (κ2) is 6.52. The highest BCUT2D eigenvalue weighted by atomic mass is 32.2. The van der Waals surface area contributed by atoms with Crippen molar-refractivity contribution in [1.29, 1.82) is 0 Å². The van der Waals surface area contributed by atoms with Gasteiger partial charge >= 0.3 is 0 Å². The molecular formula is C14H12F3NS. The molecule has 2 rings (SSSR count). The number of hydrogen-bond donors (Lipinski definition) is 1. The van der Waals surface area contributed by atoms with Crippen molar-refractivity contribution >= 4 is 17.4 Å². The predicted molar refractivity (Wildman–Crippen MR) is 72.0 cm³/mol. The number of halogens is 3. The predicted octanol–water partition coefficient (Wildman–Crippen LogP) is 4.31. The van der Waals surface area contributed by atoms with Gasteiger partial charge in [0.25, 0.3) is 0 Å². The van der Waals surface area contributed by atoms with E-state index in [0.717, 1.165) is 22.8 Å². The lowest BCUT2D eigenvalue weighted by Crippen LogP contribution is -2.05. The topological polar surface area (TPSA) is 12.0 Å². The van der Waals surface area contributed by atoms with E-state index < -0.39 is 17.5 Å². The number of hydrogen-bond acceptors (Lipinski definition) is 2. The monoisotopic (exact) mass is 283 g/mol. The first-order chi connectivity index (χ1) is 9.16. The molecule has 0 aromatic heterocycles. The molecule has 5 heteroatoms. The Balaban J connectivity index is 1.83. The second-order valence-electron chi connectivity index (χ2n) is 3.84. The number of nitrogens with one attached hydrogen (secondary N) is 1. The molecule has 0 atom stereocenters. The molecule has 0 aliphatic rings. The van der Waals surface area contributed by atoms with E-state index in [4.69, 9.17) is 0 Å². The van der Waals surface area contributed by atoms with Gasteiger partial charge in [-0.3, -0.25) is 0 Å². The van der Waals surface area contributed by atoms with Crippen LogP contribution in [0.5, 0.6) is 0 Å². The highest BCUT2D eigenvalue weighted by molar-refractivity contribution is 7.99. The summed E-state index contributed by atoms with van der Waals surface area (Å²) in [4.78, 5) is 1.13. The molecule has 0 saturated heterocycles. The maximum Gasteiger partial charge on any atom is 0.194 e. The van der Waals surface area contributed by atoms with Gasteiger partial charge in [0.1, 0.15) is 0 Å². The van der Waals surface area contributed by atoms with Gasteiger partial charge in [0.05, 0.1) is 0 Å². The normalized spacial score (nSPS) is 10.5. The molecule has 0 radical (unpaired) electrons. The van der Waals surface area contributed by atoms with Crippen LogP contribution in [-0.2, 0) is 0 Å². The van der Waals surface area contributed by atoms with Crippen LogP contribution in [0.15, 0.2) is 47.4 Å². The Hall–Kier alpha value is -1.62. The minimum atomic E-state index is -1.44. The van der Waals surface area contributed by atoms with Crippen LogP contribution in [-0.4, -0.2) is 12.3 Å². The summed E-state index contributed by atoms with van der Waals surface area (Å²) < 4.78 is 38.6. The summed E-state index contributed by atoms with van der Waals surface area (Å²) in [5.74, 6) is -3.06. The van der Waals surface area contributed by atoms with Gasteiger partial charge in [-0.25, -0.2) is 13.2 Å². The molecule has 2 aromatic rings. The summed E-state index contributed by atoms with van der Waals surface area (Å²) in [5.41, 5.74) is 0.241. The second-order valence-corrected chi connectivity index (χ2v) is 5.01. The SMILES string of the molecule is Fc1cc(NCCSc2ccccc2)cc(F)c1F. The van der Waals surface area contributed by atoms with Crippen molar-refractivity contribution in [3.8, 4) is 0 Å². The van der Waals surface area contributed by atoms with E-state index in [2.05, 4.69) is 5.32 Å². The smallest absolute Gasteiger partial charge is 0.194 e. The lowest BCUT2D eigenvalue weighted by Gasteiger charge is -2.07. The average molecular weight is 283 g/mol. The molecule has 0 aliphatic carbocycles. The molecule has 0 unspecified atom stereocenters. The maximum atomic E-state index is 13.0. The van der Waals surface area contributed by atoms with Gasteiger partial charge in [-0.15, -0.1) is 11.8 Å². The van der Waals surface area contributed by atoms with Crippen LogP contribution in [0.4, 0.5) is 18.9 Å². The van der Waals surface area contributed by atoms with Gasteiger partial charge in [0.2, 0.25) is 0 Å². The Morgan fingerprint density at radius 3 is 2.21 bits per heavy atom. The first-order valence-electron chi connectivity index (χ1n) is 5.73. The van der Waals surface area contributed by atoms with E-state index >= 15 is 0 Å². The van der Waals surface area contributed by atoms with E-state index in [-0.39, 0.29) is 5.69 Å². The fourth-order valence-electron chi connectivity index (χ4n) is 1.54. The minimum absolute atomic E-state index is 0.241. The third kappa shape index (κ3) is 3.92. The van der Waals surface area contributed by atoms with Crippen molar-refractivity contribution in [2.24, 2.45) is 0 Å². The van der Waals surface area contributed by atoms with Crippen LogP contribution in [0.25, 0.3) is 0 Å². The first kappa shape index (κ1) is 13.8. The third-order valence-corrected chi connectivity index (χ3v) is 3.44. The first-order valence-corrected chi connectivity index (χ1v) is 6.71. The van der Waals surface area contributed by atoms with E-state index in [0.29, 0.717) is 6.54 Å². The average Bonchev–Trinajstić information content (AvgIpc) is 2.42. The largest absolute Gasteiger partial charge is 0.384 e. The van der Waals surface area contributed by atoms with Crippen LogP contribution in [0.2, 0.25) is 0 Å². The highest BCUT2D eigenvalue weighted by Gasteiger charge is 2.09.